The summed E-state index contributed by atoms with van der Waals surface area (Å²) in [4.78, 5) is 25.5. The first-order chi connectivity index (χ1) is 15.4. The monoisotopic (exact) mass is 506 g/mol. The number of carbonyl (C=O) groups is 2. The molecule has 3 aromatic rings. The average Bonchev–Trinajstić information content (AvgIpc) is 3.42. The van der Waals surface area contributed by atoms with Crippen LogP contribution in [-0.2, 0) is 17.9 Å². The van der Waals surface area contributed by atoms with Crippen molar-refractivity contribution in [1.29, 1.82) is 0 Å². The van der Waals surface area contributed by atoms with Crippen molar-refractivity contribution in [3.8, 4) is 0 Å². The van der Waals surface area contributed by atoms with Gasteiger partial charge in [-0.1, -0.05) is 18.2 Å². The number of benzene rings is 1. The Morgan fingerprint density at radius 2 is 1.91 bits per heavy atom. The van der Waals surface area contributed by atoms with Crippen molar-refractivity contribution in [2.45, 2.75) is 45.2 Å². The molecule has 1 saturated carbocycles. The van der Waals surface area contributed by atoms with Gasteiger partial charge in [-0.25, -0.2) is 8.78 Å². The summed E-state index contributed by atoms with van der Waals surface area (Å²) in [6.07, 6.45) is 0.536. The average molecular weight is 507 g/mol. The summed E-state index contributed by atoms with van der Waals surface area (Å²) in [5, 5.41) is 13.6. The second kappa shape index (κ2) is 9.19. The zero-order chi connectivity index (χ0) is 22.8. The maximum absolute atomic E-state index is 13.3. The fraction of sp³-hybridized carbons (Fsp3) is 0.333. The molecule has 2 N–H and O–H groups in total. The Labute approximate surface area is 191 Å². The van der Waals surface area contributed by atoms with Crippen molar-refractivity contribution >= 4 is 39.1 Å². The number of hydrogen-bond acceptors (Lipinski definition) is 4. The standard InChI is InChI=1S/C21H21BrF2N6O2/c1-2-29-10-14(17(27-29)21(32)25-13-6-4-3-5-7-13)26-15(31)11-30-19(12-8-9-12)16(22)18(28-30)20(23)24/h3-7,10,12,20H,2,8-9,11H2,1H3,(H,25,32)(H,26,31). The molecule has 2 amide bonds. The maximum Gasteiger partial charge on any atom is 0.283 e. The number of alkyl halides is 2. The van der Waals surface area contributed by atoms with Crippen LogP contribution in [0.1, 0.15) is 54.0 Å². The largest absolute Gasteiger partial charge is 0.321 e. The van der Waals surface area contributed by atoms with Gasteiger partial charge in [-0.3, -0.25) is 19.0 Å². The van der Waals surface area contributed by atoms with Gasteiger partial charge >= 0.3 is 0 Å². The molecule has 8 nitrogen and oxygen atoms in total. The maximum atomic E-state index is 13.3. The Balaban J connectivity index is 1.53. The number of nitrogens with one attached hydrogen (secondary N) is 2. The Bertz CT molecular complexity index is 1140. The molecule has 1 aromatic carbocycles. The van der Waals surface area contributed by atoms with E-state index >= 15 is 0 Å². The molecule has 1 aliphatic carbocycles. The quantitative estimate of drug-likeness (QED) is 0.467. The Morgan fingerprint density at radius 1 is 1.19 bits per heavy atom. The molecule has 0 aliphatic heterocycles. The highest BCUT2D eigenvalue weighted by atomic mass is 79.9. The first-order valence-corrected chi connectivity index (χ1v) is 10.9. The molecule has 32 heavy (non-hydrogen) atoms. The Kier molecular flexibility index (Phi) is 6.35. The number of para-hydroxylation sites is 1. The molecule has 0 radical (unpaired) electrons. The zero-order valence-corrected chi connectivity index (χ0v) is 18.8. The first-order valence-electron chi connectivity index (χ1n) is 10.1. The fourth-order valence-electron chi connectivity index (χ4n) is 3.36. The molecule has 1 aliphatic rings. The SMILES string of the molecule is CCn1cc(NC(=O)Cn2nc(C(F)F)c(Br)c2C2CC2)c(C(=O)Nc2ccccc2)n1. The van der Waals surface area contributed by atoms with E-state index in [1.807, 2.05) is 13.0 Å². The summed E-state index contributed by atoms with van der Waals surface area (Å²) in [5.74, 6) is -0.862. The minimum absolute atomic E-state index is 0.0568. The van der Waals surface area contributed by atoms with Crippen molar-refractivity contribution in [2.75, 3.05) is 10.6 Å². The molecule has 0 atom stereocenters. The number of nitrogens with zero attached hydrogens (tertiary/aromatic N) is 4. The van der Waals surface area contributed by atoms with Crippen molar-refractivity contribution in [3.63, 3.8) is 0 Å². The minimum atomic E-state index is -2.75. The molecule has 11 heteroatoms. The minimum Gasteiger partial charge on any atom is -0.321 e. The molecule has 0 unspecified atom stereocenters. The molecule has 4 rings (SSSR count). The molecule has 2 aromatic heterocycles. The van der Waals surface area contributed by atoms with Crippen LogP contribution in [0.4, 0.5) is 20.2 Å². The van der Waals surface area contributed by atoms with Gasteiger partial charge in [-0.2, -0.15) is 10.2 Å². The third kappa shape index (κ3) is 4.72. The molecule has 0 bridgehead atoms. The van der Waals surface area contributed by atoms with E-state index in [1.54, 1.807) is 30.5 Å². The fourth-order valence-corrected chi connectivity index (χ4v) is 4.14. The summed E-state index contributed by atoms with van der Waals surface area (Å²) in [7, 11) is 0. The van der Waals surface area contributed by atoms with Crippen molar-refractivity contribution in [3.05, 3.63) is 58.1 Å². The second-order valence-corrected chi connectivity index (χ2v) is 8.23. The normalized spacial score (nSPS) is 13.4. The highest BCUT2D eigenvalue weighted by Crippen LogP contribution is 2.45. The second-order valence-electron chi connectivity index (χ2n) is 7.43. The van der Waals surface area contributed by atoms with Crippen LogP contribution in [0.5, 0.6) is 0 Å². The topological polar surface area (TPSA) is 93.8 Å². The van der Waals surface area contributed by atoms with Crippen LogP contribution in [0.25, 0.3) is 0 Å². The molecule has 2 heterocycles. The Hall–Kier alpha value is -3.08. The number of aromatic nitrogens is 4. The van der Waals surface area contributed by atoms with Gasteiger partial charge in [0.2, 0.25) is 5.91 Å². The van der Waals surface area contributed by atoms with Gasteiger partial charge in [0.15, 0.2) is 5.69 Å². The number of rotatable bonds is 8. The van der Waals surface area contributed by atoms with Gasteiger partial charge < -0.3 is 10.6 Å². The van der Waals surface area contributed by atoms with Gasteiger partial charge in [0.05, 0.1) is 15.9 Å². The highest BCUT2D eigenvalue weighted by molar-refractivity contribution is 9.10. The van der Waals surface area contributed by atoms with E-state index in [-0.39, 0.29) is 34.0 Å². The van der Waals surface area contributed by atoms with E-state index in [0.29, 0.717) is 17.9 Å². The van der Waals surface area contributed by atoms with E-state index in [0.717, 1.165) is 12.8 Å². The van der Waals surface area contributed by atoms with Crippen LogP contribution in [0.2, 0.25) is 0 Å². The predicted molar refractivity (Wildman–Crippen MR) is 118 cm³/mol. The van der Waals surface area contributed by atoms with E-state index in [9.17, 15) is 18.4 Å². The van der Waals surface area contributed by atoms with Crippen LogP contribution < -0.4 is 10.6 Å². The summed E-state index contributed by atoms with van der Waals surface area (Å²) < 4.78 is 29.7. The summed E-state index contributed by atoms with van der Waals surface area (Å²) in [6, 6.07) is 8.88. The number of amides is 2. The predicted octanol–water partition coefficient (Wildman–Crippen LogP) is 4.57. The Morgan fingerprint density at radius 3 is 2.53 bits per heavy atom. The van der Waals surface area contributed by atoms with E-state index in [2.05, 4.69) is 36.8 Å². The lowest BCUT2D eigenvalue weighted by Gasteiger charge is -2.09. The first kappa shape index (κ1) is 22.1. The molecule has 0 spiro atoms. The number of anilines is 2. The van der Waals surface area contributed by atoms with Crippen LogP contribution >= 0.6 is 15.9 Å². The highest BCUT2D eigenvalue weighted by Gasteiger charge is 2.34. The van der Waals surface area contributed by atoms with Crippen molar-refractivity contribution < 1.29 is 18.4 Å². The summed E-state index contributed by atoms with van der Waals surface area (Å²) in [5.41, 5.74) is 1.11. The van der Waals surface area contributed by atoms with Crippen LogP contribution in [-0.4, -0.2) is 31.4 Å². The van der Waals surface area contributed by atoms with Gasteiger partial charge in [0.25, 0.3) is 12.3 Å². The third-order valence-electron chi connectivity index (χ3n) is 5.03. The van der Waals surface area contributed by atoms with Gasteiger partial charge in [-0.15, -0.1) is 0 Å². The summed E-state index contributed by atoms with van der Waals surface area (Å²) in [6.45, 7) is 2.10. The summed E-state index contributed by atoms with van der Waals surface area (Å²) >= 11 is 3.21. The van der Waals surface area contributed by atoms with Crippen LogP contribution in [0.3, 0.4) is 0 Å². The number of carbonyl (C=O) groups excluding carboxylic acids is 2. The molecular weight excluding hydrogens is 486 g/mol. The lowest BCUT2D eigenvalue weighted by Crippen LogP contribution is -2.23. The third-order valence-corrected chi connectivity index (χ3v) is 5.84. The molecular formula is C21H21BrF2N6O2. The van der Waals surface area contributed by atoms with E-state index < -0.39 is 18.2 Å². The molecule has 168 valence electrons. The number of aryl methyl sites for hydroxylation is 1. The van der Waals surface area contributed by atoms with Crippen LogP contribution in [0, 0.1) is 0 Å². The number of hydrogen-bond donors (Lipinski definition) is 2. The smallest absolute Gasteiger partial charge is 0.283 e. The molecule has 1 fully saturated rings. The lowest BCUT2D eigenvalue weighted by molar-refractivity contribution is -0.117. The molecule has 0 saturated heterocycles. The van der Waals surface area contributed by atoms with Crippen LogP contribution in [0.15, 0.2) is 41.0 Å². The van der Waals surface area contributed by atoms with E-state index in [1.165, 1.54) is 9.36 Å². The van der Waals surface area contributed by atoms with Gasteiger partial charge in [0.1, 0.15) is 12.2 Å². The van der Waals surface area contributed by atoms with Crippen molar-refractivity contribution in [1.82, 2.24) is 19.6 Å². The van der Waals surface area contributed by atoms with Gasteiger partial charge in [0, 0.05) is 24.3 Å². The van der Waals surface area contributed by atoms with Crippen molar-refractivity contribution in [2.24, 2.45) is 0 Å². The lowest BCUT2D eigenvalue weighted by atomic mass is 10.2. The number of halogens is 3. The zero-order valence-electron chi connectivity index (χ0n) is 17.2. The van der Waals surface area contributed by atoms with E-state index in [4.69, 9.17) is 0 Å². The van der Waals surface area contributed by atoms with Gasteiger partial charge in [-0.05, 0) is 47.8 Å².